The number of hydrogen-bond acceptors (Lipinski definition) is 14. The Hall–Kier alpha value is -6.02. The Morgan fingerprint density at radius 2 is 1.15 bits per heavy atom. The molecule has 5 N–H and O–H groups in total. The lowest BCUT2D eigenvalue weighted by atomic mass is 9.82. The predicted molar refractivity (Wildman–Crippen MR) is 319 cm³/mol. The number of aromatic carboxylic acids is 2. The van der Waals surface area contributed by atoms with Gasteiger partial charge in [0.05, 0.1) is 44.4 Å². The Kier molecular flexibility index (Phi) is 22.6. The van der Waals surface area contributed by atoms with Crippen LogP contribution in [0.2, 0.25) is 5.02 Å². The summed E-state index contributed by atoms with van der Waals surface area (Å²) >= 11 is 6.38. The lowest BCUT2D eigenvalue weighted by molar-refractivity contribution is 0.0680. The number of nitrogens with zero attached hydrogens (tertiary/aromatic N) is 10. The van der Waals surface area contributed by atoms with Crippen LogP contribution in [0.1, 0.15) is 141 Å². The summed E-state index contributed by atoms with van der Waals surface area (Å²) in [5.74, 6) is 1.30. The van der Waals surface area contributed by atoms with Gasteiger partial charge >= 0.3 is 11.9 Å². The monoisotopic (exact) mass is 1120 g/mol. The molecule has 8 heterocycles. The van der Waals surface area contributed by atoms with Crippen molar-refractivity contribution in [1.82, 2.24) is 44.2 Å². The normalized spacial score (nSPS) is 17.9. The van der Waals surface area contributed by atoms with E-state index in [1.165, 1.54) is 69.9 Å². The molecule has 12 rings (SSSR count). The molecule has 6 aromatic rings. The predicted octanol–water partition coefficient (Wildman–Crippen LogP) is 10.4. The fourth-order valence-electron chi connectivity index (χ4n) is 10.6. The second kappa shape index (κ2) is 30.2. The van der Waals surface area contributed by atoms with Crippen LogP contribution in [0.15, 0.2) is 77.8 Å². The van der Waals surface area contributed by atoms with Crippen molar-refractivity contribution in [3.8, 4) is 11.4 Å². The fourth-order valence-corrected chi connectivity index (χ4v) is 10.8. The van der Waals surface area contributed by atoms with E-state index in [9.17, 15) is 19.8 Å². The molecule has 4 aromatic heterocycles. The SMILES string of the molecule is C1CCC2=NCCCN2CC1.CN(C)CCN(C)C.NCC1CCOCC1.O=C(O)c1cc(Cl)c2c(C3CCC3)nn(-c3ccccc3)c2n1.O=C(O)c1cc(NCC2CCOCC2)c2c(C3CCC3)nn(-c3ccccc3)c2n1. The number of carboxylic acids is 2. The van der Waals surface area contributed by atoms with E-state index in [0.29, 0.717) is 34.1 Å². The maximum atomic E-state index is 11.8. The third-order valence-electron chi connectivity index (χ3n) is 15.9. The number of rotatable bonds is 13. The topological polar surface area (TPSA) is 215 Å². The summed E-state index contributed by atoms with van der Waals surface area (Å²) in [5.41, 5.74) is 11.0. The van der Waals surface area contributed by atoms with Gasteiger partial charge in [-0.1, -0.05) is 67.3 Å². The zero-order chi connectivity index (χ0) is 56.4. The number of nitrogens with one attached hydrogen (secondary N) is 1. The molecule has 0 radical (unpaired) electrons. The second-order valence-corrected chi connectivity index (χ2v) is 22.8. The summed E-state index contributed by atoms with van der Waals surface area (Å²) in [7, 11) is 8.35. The number of carbonyl (C=O) groups is 2. The van der Waals surface area contributed by atoms with Crippen LogP contribution in [-0.2, 0) is 9.47 Å². The third kappa shape index (κ3) is 16.3. The minimum atomic E-state index is -1.10. The average Bonchev–Trinajstić information content (AvgIpc) is 3.99. The number of nitrogens with two attached hydrogens (primary N) is 1. The molecule has 4 aliphatic heterocycles. The van der Waals surface area contributed by atoms with Gasteiger partial charge < -0.3 is 45.4 Å². The van der Waals surface area contributed by atoms with Gasteiger partial charge in [0.2, 0.25) is 0 Å². The first-order valence-electron chi connectivity index (χ1n) is 29.2. The van der Waals surface area contributed by atoms with Crippen LogP contribution in [0.5, 0.6) is 0 Å². The van der Waals surface area contributed by atoms with E-state index in [1.54, 1.807) is 15.4 Å². The van der Waals surface area contributed by atoms with Crippen molar-refractivity contribution in [1.29, 1.82) is 0 Å². The smallest absolute Gasteiger partial charge is 0.354 e. The Morgan fingerprint density at radius 1 is 0.650 bits per heavy atom. The van der Waals surface area contributed by atoms with Crippen molar-refractivity contribution >= 4 is 57.1 Å². The second-order valence-electron chi connectivity index (χ2n) is 22.4. The number of aromatic nitrogens is 6. The average molecular weight is 1120 g/mol. The summed E-state index contributed by atoms with van der Waals surface area (Å²) in [6, 6.07) is 22.5. The van der Waals surface area contributed by atoms with Crippen LogP contribution in [0.3, 0.4) is 0 Å². The van der Waals surface area contributed by atoms with Crippen molar-refractivity contribution < 1.29 is 29.3 Å². The van der Waals surface area contributed by atoms with Gasteiger partial charge in [0.1, 0.15) is 0 Å². The molecule has 18 nitrogen and oxygen atoms in total. The van der Waals surface area contributed by atoms with Gasteiger partial charge in [-0.05, 0) is 154 Å². The van der Waals surface area contributed by atoms with Crippen LogP contribution >= 0.6 is 11.6 Å². The van der Waals surface area contributed by atoms with Crippen LogP contribution in [0.4, 0.5) is 5.69 Å². The highest BCUT2D eigenvalue weighted by Crippen LogP contribution is 2.43. The van der Waals surface area contributed by atoms with Gasteiger partial charge in [-0.2, -0.15) is 10.2 Å². The summed E-state index contributed by atoms with van der Waals surface area (Å²) < 4.78 is 14.1. The van der Waals surface area contributed by atoms with Gasteiger partial charge in [0.15, 0.2) is 22.7 Å². The highest BCUT2D eigenvalue weighted by Gasteiger charge is 2.31. The molecule has 432 valence electrons. The van der Waals surface area contributed by atoms with E-state index < -0.39 is 11.9 Å². The molecule has 0 spiro atoms. The quantitative estimate of drug-likeness (QED) is 0.0846. The summed E-state index contributed by atoms with van der Waals surface area (Å²) in [5, 5.41) is 34.3. The maximum absolute atomic E-state index is 11.8. The van der Waals surface area contributed by atoms with Gasteiger partial charge in [-0.15, -0.1) is 0 Å². The van der Waals surface area contributed by atoms with Crippen LogP contribution in [0, 0.1) is 11.8 Å². The fraction of sp³-hybridized carbons (Fsp3) is 0.557. The number of fused-ring (bicyclic) bond motifs is 3. The number of amidine groups is 1. The van der Waals surface area contributed by atoms with Gasteiger partial charge in [-0.25, -0.2) is 28.9 Å². The van der Waals surface area contributed by atoms with Gasteiger partial charge in [0.25, 0.3) is 0 Å². The van der Waals surface area contributed by atoms with Gasteiger partial charge in [-0.3, -0.25) is 4.99 Å². The molecule has 80 heavy (non-hydrogen) atoms. The number of aliphatic imine (C=N–C) groups is 1. The number of carboxylic acid groups (broad SMARTS) is 2. The Bertz CT molecular complexity index is 2920. The minimum absolute atomic E-state index is 0.0363. The van der Waals surface area contributed by atoms with Crippen molar-refractivity contribution in [2.75, 3.05) is 106 Å². The number of hydrogen-bond donors (Lipinski definition) is 4. The van der Waals surface area contributed by atoms with Crippen molar-refractivity contribution in [2.45, 2.75) is 108 Å². The number of anilines is 1. The molecule has 0 amide bonds. The minimum Gasteiger partial charge on any atom is -0.477 e. The largest absolute Gasteiger partial charge is 0.477 e. The molecule has 0 unspecified atom stereocenters. The number of pyridine rings is 2. The molecular weight excluding hydrogens is 1030 g/mol. The van der Waals surface area contributed by atoms with E-state index in [-0.39, 0.29) is 11.4 Å². The van der Waals surface area contributed by atoms with E-state index in [2.05, 4.69) is 63.2 Å². The summed E-state index contributed by atoms with van der Waals surface area (Å²) in [6.45, 7) is 10.9. The first-order chi connectivity index (χ1) is 38.9. The molecule has 2 aliphatic carbocycles. The maximum Gasteiger partial charge on any atom is 0.354 e. The van der Waals surface area contributed by atoms with Crippen molar-refractivity contribution in [2.24, 2.45) is 22.6 Å². The van der Waals surface area contributed by atoms with E-state index >= 15 is 0 Å². The Labute approximate surface area is 477 Å². The molecule has 2 aromatic carbocycles. The zero-order valence-corrected chi connectivity index (χ0v) is 48.3. The lowest BCUT2D eigenvalue weighted by Crippen LogP contribution is -2.34. The van der Waals surface area contributed by atoms with Gasteiger partial charge in [0, 0.05) is 89.6 Å². The first-order valence-corrected chi connectivity index (χ1v) is 29.5. The van der Waals surface area contributed by atoms with E-state index in [4.69, 9.17) is 37.0 Å². The standard InChI is InChI=1S/C23H26N4O3.C17H14ClN3O2.C9H16N2.C6H16N2.C6H13NO/c28-23(29)19-13-18(24-14-15-9-11-30-12-10-15)20-21(16-5-4-6-16)26-27(22(20)25-19)17-7-2-1-3-8-17;18-12-9-13(17(22)23)19-16-14(12)15(10-5-4-6-10)20-21(16)11-7-2-1-3-8-11;1-2-5-9-10-6-4-8-11(9)7-3-1;1-7(2)5-6-8(3)4;7-5-6-1-3-8-4-2-6/h1-3,7-8,13,15-16H,4-6,9-12,14H2,(H,24,25)(H,28,29);1-3,7-10H,4-6H2,(H,22,23);1-8H2;5-6H2,1-4H3;6H,1-5,7H2. The molecular formula is C61H85ClN12O6. The number of halogens is 1. The first kappa shape index (κ1) is 60.1. The zero-order valence-electron chi connectivity index (χ0n) is 47.6. The molecule has 5 fully saturated rings. The number of benzene rings is 2. The molecule has 2 saturated carbocycles. The van der Waals surface area contributed by atoms with Crippen LogP contribution < -0.4 is 11.1 Å². The Morgan fingerprint density at radius 3 is 1.64 bits per heavy atom. The van der Waals surface area contributed by atoms with E-state index in [1.807, 2.05) is 60.7 Å². The van der Waals surface area contributed by atoms with Crippen molar-refractivity contribution in [3.05, 3.63) is 101 Å². The molecule has 0 bridgehead atoms. The Balaban J connectivity index is 0.000000147. The highest BCUT2D eigenvalue weighted by atomic mass is 35.5. The van der Waals surface area contributed by atoms with E-state index in [0.717, 1.165) is 156 Å². The summed E-state index contributed by atoms with van der Waals surface area (Å²) in [6.07, 6.45) is 17.8. The number of para-hydroxylation sites is 2. The number of likely N-dealkylation sites (N-methyl/N-ethyl adjacent to an activating group) is 2. The van der Waals surface area contributed by atoms with Crippen molar-refractivity contribution in [3.63, 3.8) is 0 Å². The molecule has 0 atom stereocenters. The van der Waals surface area contributed by atoms with Crippen LogP contribution in [0.25, 0.3) is 33.4 Å². The third-order valence-corrected chi connectivity index (χ3v) is 16.2. The molecule has 6 aliphatic rings. The summed E-state index contributed by atoms with van der Waals surface area (Å²) in [4.78, 5) is 43.3. The molecule has 19 heteroatoms. The number of ether oxygens (including phenoxy) is 2. The lowest BCUT2D eigenvalue weighted by Gasteiger charge is -2.27. The highest BCUT2D eigenvalue weighted by molar-refractivity contribution is 6.35. The molecule has 3 saturated heterocycles. The van der Waals surface area contributed by atoms with Crippen LogP contribution in [-0.4, -0.2) is 173 Å².